The van der Waals surface area contributed by atoms with Gasteiger partial charge in [0.15, 0.2) is 17.3 Å². The van der Waals surface area contributed by atoms with Crippen LogP contribution in [0.3, 0.4) is 0 Å². The molecule has 0 bridgehead atoms. The first kappa shape index (κ1) is 36.1. The number of halogens is 2. The quantitative estimate of drug-likeness (QED) is 0.0782. The van der Waals surface area contributed by atoms with Crippen LogP contribution in [0.15, 0.2) is 95.9 Å². The lowest BCUT2D eigenvalue weighted by Gasteiger charge is -2.21. The van der Waals surface area contributed by atoms with Crippen LogP contribution in [0.2, 0.25) is 4.34 Å². The van der Waals surface area contributed by atoms with Crippen molar-refractivity contribution in [3.05, 3.63) is 128 Å². The van der Waals surface area contributed by atoms with E-state index in [-0.39, 0.29) is 42.6 Å². The van der Waals surface area contributed by atoms with Crippen molar-refractivity contribution in [3.63, 3.8) is 0 Å². The Labute approximate surface area is 297 Å². The molecule has 1 heterocycles. The van der Waals surface area contributed by atoms with Crippen molar-refractivity contribution in [3.8, 4) is 17.2 Å². The van der Waals surface area contributed by atoms with Crippen molar-refractivity contribution in [1.82, 2.24) is 0 Å². The van der Waals surface area contributed by atoms with Crippen LogP contribution in [0.1, 0.15) is 48.4 Å². The van der Waals surface area contributed by atoms with Gasteiger partial charge in [-0.05, 0) is 74.0 Å². The fraction of sp³-hybridized carbons (Fsp3) is 0.139. The molecule has 0 atom stereocenters. The molecule has 5 rings (SSSR count). The molecule has 258 valence electrons. The first-order valence-corrected chi connectivity index (χ1v) is 17.6. The molecular weight excluding hydrogens is 707 g/mol. The van der Waals surface area contributed by atoms with Crippen LogP contribution in [-0.4, -0.2) is 46.8 Å². The minimum Gasteiger partial charge on any atom is -0.493 e. The number of aryl methyl sites for hydroxylation is 1. The minimum atomic E-state index is -4.35. The number of esters is 1. The smallest absolute Gasteiger partial charge is 0.343 e. The van der Waals surface area contributed by atoms with Gasteiger partial charge < -0.3 is 19.5 Å². The Morgan fingerprint density at radius 2 is 1.66 bits per heavy atom. The highest BCUT2D eigenvalue weighted by Gasteiger charge is 2.31. The third-order valence-electron chi connectivity index (χ3n) is 7.40. The molecule has 0 aliphatic rings. The molecular formula is C36H30ClFN2O8S2. The first-order valence-electron chi connectivity index (χ1n) is 15.0. The van der Waals surface area contributed by atoms with Crippen LogP contribution >= 0.6 is 22.9 Å². The van der Waals surface area contributed by atoms with Gasteiger partial charge in [0.1, 0.15) is 21.3 Å². The molecule has 0 unspecified atom stereocenters. The number of carbonyl (C=O) groups excluding carboxylic acids is 3. The summed E-state index contributed by atoms with van der Waals surface area (Å²) in [4.78, 5) is 38.7. The van der Waals surface area contributed by atoms with E-state index in [1.54, 1.807) is 50.2 Å². The Morgan fingerprint density at radius 3 is 2.34 bits per heavy atom. The summed E-state index contributed by atoms with van der Waals surface area (Å²) in [6, 6.07) is 22.0. The number of benzene rings is 4. The molecule has 0 fully saturated rings. The van der Waals surface area contributed by atoms with Gasteiger partial charge in [-0.1, -0.05) is 41.9 Å². The van der Waals surface area contributed by atoms with E-state index in [9.17, 15) is 27.2 Å². The summed E-state index contributed by atoms with van der Waals surface area (Å²) >= 11 is 6.90. The Bertz CT molecular complexity index is 2210. The average Bonchev–Trinajstić information content (AvgIpc) is 3.51. The zero-order valence-corrected chi connectivity index (χ0v) is 29.5. The number of sulfonamides is 1. The normalized spacial score (nSPS) is 11.1. The molecule has 10 nitrogen and oxygen atoms in total. The number of thiophene rings is 1. The van der Waals surface area contributed by atoms with E-state index >= 15 is 0 Å². The molecule has 1 amide bonds. The van der Waals surface area contributed by atoms with Crippen molar-refractivity contribution < 1.29 is 41.4 Å². The van der Waals surface area contributed by atoms with E-state index < -0.39 is 27.7 Å². The largest absolute Gasteiger partial charge is 0.493 e. The molecule has 0 radical (unpaired) electrons. The van der Waals surface area contributed by atoms with Gasteiger partial charge >= 0.3 is 5.97 Å². The van der Waals surface area contributed by atoms with E-state index in [4.69, 9.17) is 25.8 Å². The maximum Gasteiger partial charge on any atom is 0.343 e. The predicted molar refractivity (Wildman–Crippen MR) is 189 cm³/mol. The van der Waals surface area contributed by atoms with Gasteiger partial charge in [-0.3, -0.25) is 13.9 Å². The van der Waals surface area contributed by atoms with Crippen LogP contribution in [0.4, 0.5) is 15.8 Å². The van der Waals surface area contributed by atoms with Gasteiger partial charge in [-0.2, -0.15) is 0 Å². The van der Waals surface area contributed by atoms with E-state index in [0.717, 1.165) is 22.5 Å². The molecule has 1 N–H and O–H groups in total. The monoisotopic (exact) mass is 736 g/mol. The van der Waals surface area contributed by atoms with Gasteiger partial charge in [0, 0.05) is 29.9 Å². The summed E-state index contributed by atoms with van der Waals surface area (Å²) in [5.74, 6) is -2.06. The number of anilines is 2. The molecule has 0 saturated carbocycles. The lowest BCUT2D eigenvalue weighted by molar-refractivity contribution is 0.0733. The molecule has 0 aliphatic heterocycles. The summed E-state index contributed by atoms with van der Waals surface area (Å²) in [6.45, 7) is 3.86. The molecule has 0 aliphatic carbocycles. The highest BCUT2D eigenvalue weighted by Crippen LogP contribution is 2.37. The summed E-state index contributed by atoms with van der Waals surface area (Å²) in [5, 5.41) is 2.46. The number of methoxy groups -OCH3 is 1. The Morgan fingerprint density at radius 1 is 0.920 bits per heavy atom. The molecule has 50 heavy (non-hydrogen) atoms. The summed E-state index contributed by atoms with van der Waals surface area (Å²) in [6.07, 6.45) is 0. The van der Waals surface area contributed by atoms with Crippen molar-refractivity contribution in [1.29, 1.82) is 0 Å². The number of nitrogens with one attached hydrogen (secondary N) is 1. The molecule has 1 aromatic heterocycles. The van der Waals surface area contributed by atoms with E-state index in [2.05, 4.69) is 5.32 Å². The van der Waals surface area contributed by atoms with E-state index in [0.29, 0.717) is 46.1 Å². The molecule has 0 spiro atoms. The van der Waals surface area contributed by atoms with Crippen LogP contribution in [0.25, 0.3) is 0 Å². The number of hydrogen-bond donors (Lipinski definition) is 1. The molecule has 0 saturated heterocycles. The highest BCUT2D eigenvalue weighted by atomic mass is 35.5. The summed E-state index contributed by atoms with van der Waals surface area (Å²) in [7, 11) is -1.62. The third kappa shape index (κ3) is 7.80. The van der Waals surface area contributed by atoms with Crippen LogP contribution in [0.5, 0.6) is 17.2 Å². The SMILES string of the molecule is CCOc1ccc(N(C)S(=O)(=O)c2cc(Cl)sc2C(=O)Nc2cc(F)cc(C(=O)Oc3ccc(C(=O)c4ccccc4)c(C)c3)c2)cc1OC. The molecule has 14 heteroatoms. The minimum absolute atomic E-state index is 0.0155. The van der Waals surface area contributed by atoms with Crippen molar-refractivity contribution >= 4 is 62.0 Å². The second kappa shape index (κ2) is 15.1. The Kier molecular flexibility index (Phi) is 10.9. The molecule has 4 aromatic carbocycles. The lowest BCUT2D eigenvalue weighted by Crippen LogP contribution is -2.28. The van der Waals surface area contributed by atoms with E-state index in [1.165, 1.54) is 50.6 Å². The highest BCUT2D eigenvalue weighted by molar-refractivity contribution is 7.93. The van der Waals surface area contributed by atoms with Gasteiger partial charge in [0.05, 0.1) is 29.3 Å². The topological polar surface area (TPSA) is 128 Å². The zero-order valence-electron chi connectivity index (χ0n) is 27.2. The molecule has 5 aromatic rings. The van der Waals surface area contributed by atoms with Gasteiger partial charge in [0.25, 0.3) is 15.9 Å². The van der Waals surface area contributed by atoms with Gasteiger partial charge in [0.2, 0.25) is 0 Å². The predicted octanol–water partition coefficient (Wildman–Crippen LogP) is 7.78. The standard InChI is InChI=1S/C36H30ClFN2O8S2/c1-5-47-29-14-11-26(19-30(29)46-4)40(3)50(44,45)31-20-32(37)49-34(31)35(42)39-25-17-23(16-24(38)18-25)36(43)48-27-12-13-28(21(2)15-27)33(41)22-9-7-6-8-10-22/h6-20H,5H2,1-4H3,(H,39,42). The fourth-order valence-corrected chi connectivity index (χ4v) is 7.82. The number of carbonyl (C=O) groups is 3. The number of ketones is 1. The summed E-state index contributed by atoms with van der Waals surface area (Å²) in [5.41, 5.74) is 1.34. The number of rotatable bonds is 12. The fourth-order valence-electron chi connectivity index (χ4n) is 4.94. The maximum atomic E-state index is 14.7. The van der Waals surface area contributed by atoms with Crippen molar-refractivity contribution in [2.24, 2.45) is 0 Å². The van der Waals surface area contributed by atoms with Crippen molar-refractivity contribution in [2.75, 3.05) is 30.4 Å². The first-order chi connectivity index (χ1) is 23.8. The number of ether oxygens (including phenoxy) is 3. The number of hydrogen-bond acceptors (Lipinski definition) is 9. The van der Waals surface area contributed by atoms with Crippen LogP contribution in [0, 0.1) is 12.7 Å². The summed E-state index contributed by atoms with van der Waals surface area (Å²) < 4.78 is 59.5. The maximum absolute atomic E-state index is 14.7. The second-order valence-corrected chi connectivity index (χ2v) is 14.3. The zero-order chi connectivity index (χ0) is 36.2. The second-order valence-electron chi connectivity index (χ2n) is 10.7. The number of nitrogens with zero attached hydrogens (tertiary/aromatic N) is 1. The Hall–Kier alpha value is -5.24. The van der Waals surface area contributed by atoms with Crippen molar-refractivity contribution in [2.45, 2.75) is 18.7 Å². The van der Waals surface area contributed by atoms with Crippen LogP contribution in [-0.2, 0) is 10.0 Å². The van der Waals surface area contributed by atoms with E-state index in [1.807, 2.05) is 0 Å². The lowest BCUT2D eigenvalue weighted by atomic mass is 9.99. The Balaban J connectivity index is 1.35. The van der Waals surface area contributed by atoms with Gasteiger partial charge in [-0.25, -0.2) is 17.6 Å². The third-order valence-corrected chi connectivity index (χ3v) is 10.6. The van der Waals surface area contributed by atoms with Crippen LogP contribution < -0.4 is 23.8 Å². The van der Waals surface area contributed by atoms with Gasteiger partial charge in [-0.15, -0.1) is 11.3 Å². The number of amides is 1. The average molecular weight is 737 g/mol.